The molecule has 35 heavy (non-hydrogen) atoms. The van der Waals surface area contributed by atoms with E-state index in [0.29, 0.717) is 38.1 Å². The Kier molecular flexibility index (Phi) is 11.9. The Labute approximate surface area is 210 Å². The molecule has 3 atom stereocenters. The van der Waals surface area contributed by atoms with Gasteiger partial charge in [-0.05, 0) is 37.2 Å². The number of aliphatic imine (C=N–C) groups is 1. The molecule has 2 fully saturated rings. The number of amidine groups is 1. The maximum atomic E-state index is 11.6. The Morgan fingerprint density at radius 2 is 1.94 bits per heavy atom. The van der Waals surface area contributed by atoms with Crippen molar-refractivity contribution in [3.63, 3.8) is 0 Å². The lowest BCUT2D eigenvalue weighted by molar-refractivity contribution is -0.464. The molecule has 1 aromatic carbocycles. The summed E-state index contributed by atoms with van der Waals surface area (Å²) in [6.45, 7) is 2.96. The molecule has 8 nitrogen and oxygen atoms in total. The number of hydrogen-bond donors (Lipinski definition) is 1. The molecule has 1 aliphatic carbocycles. The van der Waals surface area contributed by atoms with E-state index >= 15 is 0 Å². The third-order valence-electron chi connectivity index (χ3n) is 7.37. The fourth-order valence-electron chi connectivity index (χ4n) is 5.61. The Hall–Kier alpha value is -2.03. The van der Waals surface area contributed by atoms with Crippen LogP contribution in [0.1, 0.15) is 69.5 Å². The smallest absolute Gasteiger partial charge is 0.260 e. The van der Waals surface area contributed by atoms with Crippen LogP contribution in [-0.2, 0) is 9.47 Å². The number of benzene rings is 1. The first-order chi connectivity index (χ1) is 17.1. The Morgan fingerprint density at radius 1 is 1.17 bits per heavy atom. The van der Waals surface area contributed by atoms with Crippen LogP contribution in [0.4, 0.5) is 0 Å². The Bertz CT molecular complexity index is 770. The highest BCUT2D eigenvalue weighted by Gasteiger charge is 2.32. The molecule has 1 saturated carbocycles. The van der Waals surface area contributed by atoms with Gasteiger partial charge in [-0.2, -0.15) is 0 Å². The molecule has 1 aromatic rings. The molecular formula is C27H44N4O4. The van der Waals surface area contributed by atoms with Crippen molar-refractivity contribution in [1.82, 2.24) is 4.90 Å². The largest absolute Gasteiger partial charge is 0.385 e. The number of rotatable bonds is 13. The highest BCUT2D eigenvalue weighted by Crippen LogP contribution is 2.33. The molecule has 0 amide bonds. The third-order valence-corrected chi connectivity index (χ3v) is 7.37. The second kappa shape index (κ2) is 15.2. The van der Waals surface area contributed by atoms with Gasteiger partial charge in [0.25, 0.3) is 6.54 Å². The minimum Gasteiger partial charge on any atom is -0.385 e. The van der Waals surface area contributed by atoms with E-state index < -0.39 is 0 Å². The summed E-state index contributed by atoms with van der Waals surface area (Å²) >= 11 is 0. The number of ether oxygens (including phenoxy) is 2. The Balaban J connectivity index is 1.74. The lowest BCUT2D eigenvalue weighted by Crippen LogP contribution is -2.45. The first-order valence-electron chi connectivity index (χ1n) is 13.4. The number of likely N-dealkylation sites (tertiary alicyclic amines) is 1. The molecule has 1 aliphatic heterocycles. The zero-order valence-electron chi connectivity index (χ0n) is 21.4. The lowest BCUT2D eigenvalue weighted by Gasteiger charge is -2.38. The summed E-state index contributed by atoms with van der Waals surface area (Å²) in [6, 6.07) is 10.3. The number of nitro groups is 1. The van der Waals surface area contributed by atoms with E-state index in [1.54, 1.807) is 7.11 Å². The normalized spacial score (nSPS) is 21.6. The summed E-state index contributed by atoms with van der Waals surface area (Å²) in [5.41, 5.74) is 7.26. The van der Waals surface area contributed by atoms with E-state index in [9.17, 15) is 10.1 Å². The summed E-state index contributed by atoms with van der Waals surface area (Å²) in [7, 11) is 1.70. The third kappa shape index (κ3) is 9.17. The van der Waals surface area contributed by atoms with Crippen molar-refractivity contribution in [3.8, 4) is 0 Å². The number of piperidine rings is 1. The van der Waals surface area contributed by atoms with E-state index in [2.05, 4.69) is 17.0 Å². The van der Waals surface area contributed by atoms with E-state index in [1.165, 1.54) is 32.1 Å². The molecular weight excluding hydrogens is 444 g/mol. The minimum absolute atomic E-state index is 0.0522. The van der Waals surface area contributed by atoms with Gasteiger partial charge in [0.05, 0.1) is 12.1 Å². The Morgan fingerprint density at radius 3 is 2.63 bits per heavy atom. The van der Waals surface area contributed by atoms with Gasteiger partial charge in [0, 0.05) is 50.8 Å². The fraction of sp³-hybridized carbons (Fsp3) is 0.741. The zero-order valence-corrected chi connectivity index (χ0v) is 21.4. The SMILES string of the molecule is COCCCO[C@@H](c1ccccc1)[C@@H]1CCCN(C(C[N+](=O)[O-])=N[C@H](CN)CC2CCCCC2)C1. The highest BCUT2D eigenvalue weighted by molar-refractivity contribution is 5.83. The monoisotopic (exact) mass is 488 g/mol. The van der Waals surface area contributed by atoms with E-state index in [0.717, 1.165) is 37.8 Å². The molecule has 1 saturated heterocycles. The maximum Gasteiger partial charge on any atom is 0.260 e. The lowest BCUT2D eigenvalue weighted by atomic mass is 9.85. The standard InChI is InChI=1S/C27H44N4O4/c1-34-16-9-17-35-27(23-12-6-3-7-13-23)24-14-8-15-30(20-24)26(21-31(32)33)29-25(19-28)18-22-10-4-2-5-11-22/h3,6-7,12-13,22,24-25,27H,2,4-5,8-11,14-21,28H2,1H3/t24-,25+,27+/m1/s1. The van der Waals surface area contributed by atoms with Crippen molar-refractivity contribution >= 4 is 5.84 Å². The van der Waals surface area contributed by atoms with Crippen LogP contribution < -0.4 is 5.73 Å². The molecule has 0 bridgehead atoms. The van der Waals surface area contributed by atoms with Crippen molar-refractivity contribution in [1.29, 1.82) is 0 Å². The summed E-state index contributed by atoms with van der Waals surface area (Å²) in [4.78, 5) is 18.4. The van der Waals surface area contributed by atoms with Crippen molar-refractivity contribution < 1.29 is 14.4 Å². The molecule has 1 heterocycles. The van der Waals surface area contributed by atoms with Gasteiger partial charge in [-0.3, -0.25) is 15.1 Å². The summed E-state index contributed by atoms with van der Waals surface area (Å²) in [5.74, 6) is 1.45. The number of nitrogens with two attached hydrogens (primary N) is 1. The van der Waals surface area contributed by atoms with E-state index in [1.807, 2.05) is 18.2 Å². The van der Waals surface area contributed by atoms with Crippen molar-refractivity contribution in [2.75, 3.05) is 46.5 Å². The maximum absolute atomic E-state index is 11.6. The van der Waals surface area contributed by atoms with Crippen LogP contribution in [-0.4, -0.2) is 68.2 Å². The van der Waals surface area contributed by atoms with Crippen LogP contribution in [0.2, 0.25) is 0 Å². The van der Waals surface area contributed by atoms with Crippen LogP contribution in [0.15, 0.2) is 35.3 Å². The van der Waals surface area contributed by atoms with Crippen molar-refractivity contribution in [3.05, 3.63) is 46.0 Å². The van der Waals surface area contributed by atoms with Gasteiger partial charge in [0.1, 0.15) is 0 Å². The van der Waals surface area contributed by atoms with Crippen molar-refractivity contribution in [2.24, 2.45) is 22.6 Å². The number of methoxy groups -OCH3 is 1. The van der Waals surface area contributed by atoms with Gasteiger partial charge in [-0.25, -0.2) is 0 Å². The number of nitrogens with zero attached hydrogens (tertiary/aromatic N) is 3. The van der Waals surface area contributed by atoms with Gasteiger partial charge in [0.15, 0.2) is 5.84 Å². The van der Waals surface area contributed by atoms with Gasteiger partial charge in [-0.1, -0.05) is 62.4 Å². The first-order valence-corrected chi connectivity index (χ1v) is 13.4. The van der Waals surface area contributed by atoms with Crippen LogP contribution in [0.3, 0.4) is 0 Å². The zero-order chi connectivity index (χ0) is 24.9. The van der Waals surface area contributed by atoms with Gasteiger partial charge in [-0.15, -0.1) is 0 Å². The van der Waals surface area contributed by atoms with Gasteiger partial charge >= 0.3 is 0 Å². The molecule has 2 N–H and O–H groups in total. The van der Waals surface area contributed by atoms with Gasteiger partial charge < -0.3 is 20.1 Å². The summed E-state index contributed by atoms with van der Waals surface area (Å²) in [5, 5.41) is 11.6. The van der Waals surface area contributed by atoms with Crippen LogP contribution in [0.5, 0.6) is 0 Å². The molecule has 196 valence electrons. The average molecular weight is 489 g/mol. The fourth-order valence-corrected chi connectivity index (χ4v) is 5.61. The average Bonchev–Trinajstić information content (AvgIpc) is 2.89. The van der Waals surface area contributed by atoms with Crippen LogP contribution in [0.25, 0.3) is 0 Å². The molecule has 2 aliphatic rings. The van der Waals surface area contributed by atoms with E-state index in [4.69, 9.17) is 20.2 Å². The highest BCUT2D eigenvalue weighted by atomic mass is 16.6. The second-order valence-electron chi connectivity index (χ2n) is 10.1. The summed E-state index contributed by atoms with van der Waals surface area (Å²) < 4.78 is 11.6. The first kappa shape index (κ1) is 27.6. The van der Waals surface area contributed by atoms with E-state index in [-0.39, 0.29) is 29.5 Å². The molecule has 8 heteroatoms. The molecule has 3 rings (SSSR count). The predicted molar refractivity (Wildman–Crippen MR) is 139 cm³/mol. The molecule has 0 aromatic heterocycles. The topological polar surface area (TPSA) is 103 Å². The second-order valence-corrected chi connectivity index (χ2v) is 10.1. The molecule has 0 spiro atoms. The molecule has 0 unspecified atom stereocenters. The van der Waals surface area contributed by atoms with Crippen LogP contribution in [0, 0.1) is 22.0 Å². The minimum atomic E-state index is -0.257. The number of hydrogen-bond acceptors (Lipinski definition) is 6. The van der Waals surface area contributed by atoms with Crippen LogP contribution >= 0.6 is 0 Å². The quantitative estimate of drug-likeness (QED) is 0.144. The predicted octanol–water partition coefficient (Wildman–Crippen LogP) is 4.47. The van der Waals surface area contributed by atoms with Gasteiger partial charge in [0.2, 0.25) is 0 Å². The van der Waals surface area contributed by atoms with Crippen molar-refractivity contribution in [2.45, 2.75) is 69.9 Å². The molecule has 0 radical (unpaired) electrons. The summed E-state index contributed by atoms with van der Waals surface area (Å²) in [6.07, 6.45) is 10.00.